The second kappa shape index (κ2) is 4.29. The first-order valence-corrected chi connectivity index (χ1v) is 5.52. The van der Waals surface area contributed by atoms with E-state index in [0.29, 0.717) is 26.1 Å². The summed E-state index contributed by atoms with van der Waals surface area (Å²) in [6, 6.07) is -0.287. The Bertz CT molecular complexity index is 293. The van der Waals surface area contributed by atoms with Crippen LogP contribution in [0.4, 0.5) is 4.79 Å². The number of aliphatic carboxylic acids is 1. The van der Waals surface area contributed by atoms with Gasteiger partial charge in [0.15, 0.2) is 5.54 Å². The van der Waals surface area contributed by atoms with Crippen molar-refractivity contribution in [3.63, 3.8) is 0 Å². The number of carbonyl (C=O) groups excluding carboxylic acids is 1. The number of carbonyl (C=O) groups is 2. The van der Waals surface area contributed by atoms with E-state index in [4.69, 9.17) is 9.84 Å². The number of hydrogen-bond acceptors (Lipinski definition) is 3. The molecule has 0 spiro atoms. The Hall–Kier alpha value is -1.30. The number of ether oxygens (including phenoxy) is 1. The smallest absolute Gasteiger partial charge is 0.332 e. The average Bonchev–Trinajstić information content (AvgIpc) is 2.88. The molecule has 0 saturated carbocycles. The highest BCUT2D eigenvalue weighted by Gasteiger charge is 2.44. The van der Waals surface area contributed by atoms with Crippen molar-refractivity contribution in [1.29, 1.82) is 0 Å². The minimum absolute atomic E-state index is 0.0575. The van der Waals surface area contributed by atoms with Crippen molar-refractivity contribution in [2.75, 3.05) is 26.3 Å². The highest BCUT2D eigenvalue weighted by atomic mass is 16.5. The van der Waals surface area contributed by atoms with Gasteiger partial charge in [-0.1, -0.05) is 0 Å². The zero-order chi connectivity index (χ0) is 11.6. The van der Waals surface area contributed by atoms with Gasteiger partial charge in [0.25, 0.3) is 0 Å². The fraction of sp³-hybridized carbons (Fsp3) is 0.800. The van der Waals surface area contributed by atoms with Gasteiger partial charge in [0.2, 0.25) is 0 Å². The first-order chi connectivity index (χ1) is 7.64. The number of nitrogens with one attached hydrogen (secondary N) is 1. The van der Waals surface area contributed by atoms with Crippen LogP contribution in [0.5, 0.6) is 0 Å². The van der Waals surface area contributed by atoms with Crippen molar-refractivity contribution in [3.8, 4) is 0 Å². The summed E-state index contributed by atoms with van der Waals surface area (Å²) >= 11 is 0. The van der Waals surface area contributed by atoms with E-state index in [-0.39, 0.29) is 12.6 Å². The maximum Gasteiger partial charge on any atom is 0.332 e. The van der Waals surface area contributed by atoms with Crippen LogP contribution in [-0.4, -0.2) is 53.8 Å². The highest BCUT2D eigenvalue weighted by molar-refractivity contribution is 5.86. The van der Waals surface area contributed by atoms with E-state index in [1.807, 2.05) is 0 Å². The summed E-state index contributed by atoms with van der Waals surface area (Å²) in [6.45, 7) is 1.86. The normalized spacial score (nSPS) is 29.4. The lowest BCUT2D eigenvalue weighted by Gasteiger charge is -2.27. The molecule has 0 bridgehead atoms. The summed E-state index contributed by atoms with van der Waals surface area (Å²) in [5, 5.41) is 11.7. The van der Waals surface area contributed by atoms with Gasteiger partial charge in [-0.15, -0.1) is 0 Å². The van der Waals surface area contributed by atoms with Crippen LogP contribution in [0.2, 0.25) is 0 Å². The van der Waals surface area contributed by atoms with Crippen molar-refractivity contribution in [2.45, 2.75) is 24.8 Å². The number of carboxylic acids is 1. The first kappa shape index (κ1) is 11.2. The van der Waals surface area contributed by atoms with Gasteiger partial charge >= 0.3 is 12.0 Å². The largest absolute Gasteiger partial charge is 0.479 e. The summed E-state index contributed by atoms with van der Waals surface area (Å²) in [6.07, 6.45) is 2.32. The summed E-state index contributed by atoms with van der Waals surface area (Å²) in [4.78, 5) is 24.6. The molecule has 2 N–H and O–H groups in total. The van der Waals surface area contributed by atoms with E-state index in [1.54, 1.807) is 4.90 Å². The molecular formula is C10H16N2O4. The highest BCUT2D eigenvalue weighted by Crippen LogP contribution is 2.20. The molecule has 0 aromatic heterocycles. The lowest BCUT2D eigenvalue weighted by atomic mass is 9.99. The quantitative estimate of drug-likeness (QED) is 0.699. The molecule has 16 heavy (non-hydrogen) atoms. The van der Waals surface area contributed by atoms with Crippen molar-refractivity contribution in [3.05, 3.63) is 0 Å². The SMILES string of the molecule is O=C(NC1(C(=O)O)CCOC1)N1CCCC1. The molecule has 90 valence electrons. The van der Waals surface area contributed by atoms with Crippen LogP contribution in [0.1, 0.15) is 19.3 Å². The molecule has 1 unspecified atom stereocenters. The van der Waals surface area contributed by atoms with Crippen LogP contribution in [0, 0.1) is 0 Å². The standard InChI is InChI=1S/C10H16N2O4/c13-8(14)10(3-6-16-7-10)11-9(15)12-4-1-2-5-12/h1-7H2,(H,11,15)(H,13,14). The predicted molar refractivity (Wildman–Crippen MR) is 55.1 cm³/mol. The van der Waals surface area contributed by atoms with Gasteiger partial charge in [0, 0.05) is 26.1 Å². The van der Waals surface area contributed by atoms with Crippen LogP contribution in [-0.2, 0) is 9.53 Å². The van der Waals surface area contributed by atoms with E-state index in [1.165, 1.54) is 0 Å². The molecule has 0 aromatic rings. The van der Waals surface area contributed by atoms with Crippen LogP contribution >= 0.6 is 0 Å². The zero-order valence-corrected chi connectivity index (χ0v) is 9.07. The minimum Gasteiger partial charge on any atom is -0.479 e. The Balaban J connectivity index is 2.00. The average molecular weight is 228 g/mol. The van der Waals surface area contributed by atoms with E-state index >= 15 is 0 Å². The van der Waals surface area contributed by atoms with Gasteiger partial charge < -0.3 is 20.1 Å². The Kier molecular flexibility index (Phi) is 3.00. The first-order valence-electron chi connectivity index (χ1n) is 5.52. The number of hydrogen-bond donors (Lipinski definition) is 2. The molecule has 2 saturated heterocycles. The van der Waals surface area contributed by atoms with Crippen molar-refractivity contribution >= 4 is 12.0 Å². The fourth-order valence-electron chi connectivity index (χ4n) is 2.09. The molecule has 2 fully saturated rings. The number of urea groups is 1. The molecule has 6 nitrogen and oxygen atoms in total. The molecule has 2 heterocycles. The number of amides is 2. The van der Waals surface area contributed by atoms with Gasteiger partial charge in [-0.25, -0.2) is 9.59 Å². The number of nitrogens with zero attached hydrogens (tertiary/aromatic N) is 1. The molecular weight excluding hydrogens is 212 g/mol. The van der Waals surface area contributed by atoms with Crippen LogP contribution in [0.3, 0.4) is 0 Å². The number of likely N-dealkylation sites (tertiary alicyclic amines) is 1. The monoisotopic (exact) mass is 228 g/mol. The maximum atomic E-state index is 11.8. The predicted octanol–water partition coefficient (Wildman–Crippen LogP) is 0.0355. The van der Waals surface area contributed by atoms with Gasteiger partial charge in [0.1, 0.15) is 0 Å². The summed E-state index contributed by atoms with van der Waals surface area (Å²) in [5.74, 6) is -1.02. The Morgan fingerprint density at radius 3 is 2.50 bits per heavy atom. The Morgan fingerprint density at radius 1 is 1.31 bits per heavy atom. The van der Waals surface area contributed by atoms with Gasteiger partial charge in [-0.2, -0.15) is 0 Å². The topological polar surface area (TPSA) is 78.9 Å². The van der Waals surface area contributed by atoms with Crippen molar-refractivity contribution in [2.24, 2.45) is 0 Å². The molecule has 6 heteroatoms. The second-order valence-corrected chi connectivity index (χ2v) is 4.31. The lowest BCUT2D eigenvalue weighted by molar-refractivity contribution is -0.144. The molecule has 2 rings (SSSR count). The van der Waals surface area contributed by atoms with E-state index < -0.39 is 11.5 Å². The third-order valence-corrected chi connectivity index (χ3v) is 3.17. The van der Waals surface area contributed by atoms with Crippen molar-refractivity contribution in [1.82, 2.24) is 10.2 Å². The number of carboxylic acid groups (broad SMARTS) is 1. The molecule has 0 aliphatic carbocycles. The molecule has 0 aromatic carbocycles. The summed E-state index contributed by atoms with van der Waals surface area (Å²) < 4.78 is 5.07. The molecule has 2 aliphatic heterocycles. The van der Waals surface area contributed by atoms with Gasteiger partial charge in [-0.3, -0.25) is 0 Å². The number of rotatable bonds is 2. The third-order valence-electron chi connectivity index (χ3n) is 3.17. The second-order valence-electron chi connectivity index (χ2n) is 4.31. The third kappa shape index (κ3) is 1.97. The van der Waals surface area contributed by atoms with Gasteiger partial charge in [0.05, 0.1) is 6.61 Å². The van der Waals surface area contributed by atoms with Crippen LogP contribution < -0.4 is 5.32 Å². The zero-order valence-electron chi connectivity index (χ0n) is 9.07. The molecule has 2 amide bonds. The Labute approximate surface area is 93.6 Å². The van der Waals surface area contributed by atoms with E-state index in [0.717, 1.165) is 12.8 Å². The molecule has 0 radical (unpaired) electrons. The van der Waals surface area contributed by atoms with E-state index in [9.17, 15) is 9.59 Å². The van der Waals surface area contributed by atoms with Crippen molar-refractivity contribution < 1.29 is 19.4 Å². The molecule has 1 atom stereocenters. The van der Waals surface area contributed by atoms with Crippen LogP contribution in [0.25, 0.3) is 0 Å². The molecule has 2 aliphatic rings. The fourth-order valence-corrected chi connectivity index (χ4v) is 2.09. The van der Waals surface area contributed by atoms with Gasteiger partial charge in [-0.05, 0) is 12.8 Å². The lowest BCUT2D eigenvalue weighted by Crippen LogP contribution is -2.58. The summed E-state index contributed by atoms with van der Waals surface area (Å²) in [5.41, 5.74) is -1.22. The van der Waals surface area contributed by atoms with Crippen LogP contribution in [0.15, 0.2) is 0 Å². The minimum atomic E-state index is -1.22. The van der Waals surface area contributed by atoms with E-state index in [2.05, 4.69) is 5.32 Å². The summed E-state index contributed by atoms with van der Waals surface area (Å²) in [7, 11) is 0. The Morgan fingerprint density at radius 2 is 2.00 bits per heavy atom. The maximum absolute atomic E-state index is 11.8.